The Morgan fingerprint density at radius 3 is 2.59 bits per heavy atom. The summed E-state index contributed by atoms with van der Waals surface area (Å²) in [7, 11) is 1.61. The van der Waals surface area contributed by atoms with Crippen LogP contribution in [0.1, 0.15) is 47.7 Å². The molecule has 2 amide bonds. The highest BCUT2D eigenvalue weighted by molar-refractivity contribution is 7.09. The molecular weight excluding hydrogens is 459 g/mol. The minimum absolute atomic E-state index is 0.0619. The smallest absolute Gasteiger partial charge is 0.254 e. The molecule has 1 fully saturated rings. The molecular formula is C23H25FN6O3S. The Hall–Kier alpha value is -3.18. The topological polar surface area (TPSA) is 93.4 Å². The number of aromatic nitrogens is 4. The number of halogens is 1. The number of carbonyl (C=O) groups is 2. The fraction of sp³-hybridized carbons (Fsp3) is 0.435. The molecule has 2 atom stereocenters. The van der Waals surface area contributed by atoms with E-state index in [1.165, 1.54) is 35.8 Å². The van der Waals surface area contributed by atoms with Crippen molar-refractivity contribution in [1.29, 1.82) is 0 Å². The number of anilines is 1. The molecule has 0 N–H and O–H groups in total. The zero-order valence-corrected chi connectivity index (χ0v) is 20.0. The zero-order chi connectivity index (χ0) is 24.0. The third-order valence-electron chi connectivity index (χ3n) is 6.45. The highest BCUT2D eigenvalue weighted by atomic mass is 32.1. The summed E-state index contributed by atoms with van der Waals surface area (Å²) in [6.45, 7) is 5.18. The van der Waals surface area contributed by atoms with E-state index in [-0.39, 0.29) is 30.4 Å². The Bertz CT molecular complexity index is 1240. The van der Waals surface area contributed by atoms with Crippen molar-refractivity contribution in [2.45, 2.75) is 45.4 Å². The van der Waals surface area contributed by atoms with Gasteiger partial charge in [0.2, 0.25) is 5.91 Å². The highest BCUT2D eigenvalue weighted by Crippen LogP contribution is 2.39. The summed E-state index contributed by atoms with van der Waals surface area (Å²) in [5.41, 5.74) is 1.20. The van der Waals surface area contributed by atoms with Crippen molar-refractivity contribution in [3.8, 4) is 10.8 Å². The molecule has 34 heavy (non-hydrogen) atoms. The van der Waals surface area contributed by atoms with Crippen LogP contribution < -0.4 is 4.90 Å². The van der Waals surface area contributed by atoms with E-state index in [9.17, 15) is 14.0 Å². The second kappa shape index (κ2) is 8.88. The number of rotatable bonds is 4. The van der Waals surface area contributed by atoms with Crippen LogP contribution in [0.3, 0.4) is 0 Å². The standard InChI is InChI=1S/C23H25FN6O3S/c1-13-19-20(29-9-8-17(33-3)12-18(29)31)26-21(22-25-14(2)27-34-22)30(19)11-10-28(13)23(32)15-4-6-16(24)7-5-15/h4-7,13,17H,8-12H2,1-3H3/t13-,17-/m1/s1. The molecule has 0 unspecified atom stereocenters. The second-order valence-corrected chi connectivity index (χ2v) is 9.27. The molecule has 1 aromatic carbocycles. The minimum Gasteiger partial charge on any atom is -0.381 e. The summed E-state index contributed by atoms with van der Waals surface area (Å²) in [6.07, 6.45) is 0.873. The van der Waals surface area contributed by atoms with Crippen molar-refractivity contribution in [2.24, 2.45) is 0 Å². The summed E-state index contributed by atoms with van der Waals surface area (Å²) in [4.78, 5) is 39.2. The maximum atomic E-state index is 13.4. The van der Waals surface area contributed by atoms with Gasteiger partial charge in [0.1, 0.15) is 11.6 Å². The van der Waals surface area contributed by atoms with E-state index < -0.39 is 5.82 Å². The molecule has 0 radical (unpaired) electrons. The molecule has 0 spiro atoms. The van der Waals surface area contributed by atoms with Crippen LogP contribution in [-0.4, -0.2) is 61.9 Å². The fourth-order valence-electron chi connectivity index (χ4n) is 4.66. The fourth-order valence-corrected chi connectivity index (χ4v) is 5.33. The van der Waals surface area contributed by atoms with Crippen molar-refractivity contribution >= 4 is 29.2 Å². The summed E-state index contributed by atoms with van der Waals surface area (Å²) < 4.78 is 25.1. The molecule has 11 heteroatoms. The first-order valence-electron chi connectivity index (χ1n) is 11.2. The van der Waals surface area contributed by atoms with Crippen LogP contribution in [0.15, 0.2) is 24.3 Å². The Labute approximate surface area is 200 Å². The number of imidazole rings is 1. The molecule has 1 saturated heterocycles. The molecule has 4 heterocycles. The van der Waals surface area contributed by atoms with Crippen molar-refractivity contribution in [2.75, 3.05) is 25.1 Å². The van der Waals surface area contributed by atoms with Crippen LogP contribution in [0.5, 0.6) is 0 Å². The third kappa shape index (κ3) is 3.88. The highest BCUT2D eigenvalue weighted by Gasteiger charge is 2.38. The predicted octanol–water partition coefficient (Wildman–Crippen LogP) is 3.21. The van der Waals surface area contributed by atoms with Gasteiger partial charge < -0.3 is 14.2 Å². The van der Waals surface area contributed by atoms with Gasteiger partial charge in [0.15, 0.2) is 16.6 Å². The lowest BCUT2D eigenvalue weighted by Crippen LogP contribution is -2.44. The van der Waals surface area contributed by atoms with Crippen LogP contribution >= 0.6 is 11.5 Å². The molecule has 9 nitrogen and oxygen atoms in total. The van der Waals surface area contributed by atoms with Gasteiger partial charge in [-0.25, -0.2) is 14.4 Å². The lowest BCUT2D eigenvalue weighted by molar-refractivity contribution is -0.122. The van der Waals surface area contributed by atoms with Crippen LogP contribution in [-0.2, 0) is 16.1 Å². The number of benzene rings is 1. The van der Waals surface area contributed by atoms with E-state index in [4.69, 9.17) is 9.72 Å². The van der Waals surface area contributed by atoms with Gasteiger partial charge in [0, 0.05) is 32.3 Å². The van der Waals surface area contributed by atoms with Gasteiger partial charge in [-0.1, -0.05) is 0 Å². The van der Waals surface area contributed by atoms with Crippen LogP contribution in [0, 0.1) is 12.7 Å². The van der Waals surface area contributed by atoms with Gasteiger partial charge in [-0.2, -0.15) is 4.37 Å². The minimum atomic E-state index is -0.390. The Morgan fingerprint density at radius 1 is 1.18 bits per heavy atom. The van der Waals surface area contributed by atoms with Crippen molar-refractivity contribution in [3.05, 3.63) is 47.2 Å². The summed E-state index contributed by atoms with van der Waals surface area (Å²) in [6, 6.07) is 5.19. The molecule has 2 aromatic heterocycles. The number of methoxy groups -OCH3 is 1. The molecule has 5 rings (SSSR count). The Balaban J connectivity index is 1.56. The quantitative estimate of drug-likeness (QED) is 0.565. The number of hydrogen-bond acceptors (Lipinski definition) is 7. The number of nitrogens with zero attached hydrogens (tertiary/aromatic N) is 6. The molecule has 178 valence electrons. The third-order valence-corrected chi connectivity index (χ3v) is 7.26. The SMILES string of the molecule is CO[C@@H]1CCN(c2nc(-c3nc(C)ns3)n3c2[C@@H](C)N(C(=O)c2ccc(F)cc2)CC3)C(=O)C1. The lowest BCUT2D eigenvalue weighted by atomic mass is 10.0. The maximum Gasteiger partial charge on any atom is 0.254 e. The van der Waals surface area contributed by atoms with Crippen molar-refractivity contribution in [1.82, 2.24) is 23.8 Å². The van der Waals surface area contributed by atoms with E-state index in [1.54, 1.807) is 16.9 Å². The number of piperidine rings is 1. The lowest BCUT2D eigenvalue weighted by Gasteiger charge is -2.37. The summed E-state index contributed by atoms with van der Waals surface area (Å²) >= 11 is 1.26. The second-order valence-electron chi connectivity index (χ2n) is 8.52. The Kier molecular flexibility index (Phi) is 5.90. The molecule has 2 aliphatic rings. The number of hydrogen-bond donors (Lipinski definition) is 0. The monoisotopic (exact) mass is 484 g/mol. The first kappa shape index (κ1) is 22.6. The normalized spacial score (nSPS) is 20.5. The first-order valence-corrected chi connectivity index (χ1v) is 12.0. The van der Waals surface area contributed by atoms with Crippen LogP contribution in [0.2, 0.25) is 0 Å². The molecule has 0 bridgehead atoms. The van der Waals surface area contributed by atoms with Gasteiger partial charge >= 0.3 is 0 Å². The van der Waals surface area contributed by atoms with Gasteiger partial charge in [-0.3, -0.25) is 14.5 Å². The van der Waals surface area contributed by atoms with E-state index >= 15 is 0 Å². The average molecular weight is 485 g/mol. The number of fused-ring (bicyclic) bond motifs is 1. The Morgan fingerprint density at radius 2 is 1.94 bits per heavy atom. The zero-order valence-electron chi connectivity index (χ0n) is 19.2. The first-order chi connectivity index (χ1) is 16.4. The van der Waals surface area contributed by atoms with Crippen LogP contribution in [0.25, 0.3) is 10.8 Å². The molecule has 0 aliphatic carbocycles. The van der Waals surface area contributed by atoms with E-state index in [0.717, 1.165) is 5.69 Å². The van der Waals surface area contributed by atoms with Gasteiger partial charge in [-0.15, -0.1) is 0 Å². The van der Waals surface area contributed by atoms with Crippen molar-refractivity contribution in [3.63, 3.8) is 0 Å². The predicted molar refractivity (Wildman–Crippen MR) is 124 cm³/mol. The van der Waals surface area contributed by atoms with Gasteiger partial charge in [0.25, 0.3) is 5.91 Å². The maximum absolute atomic E-state index is 13.4. The van der Waals surface area contributed by atoms with Crippen LogP contribution in [0.4, 0.5) is 10.2 Å². The van der Waals surface area contributed by atoms with E-state index in [1.807, 2.05) is 18.4 Å². The van der Waals surface area contributed by atoms with Crippen molar-refractivity contribution < 1.29 is 18.7 Å². The summed E-state index contributed by atoms with van der Waals surface area (Å²) in [5, 5.41) is 0.676. The summed E-state index contributed by atoms with van der Waals surface area (Å²) in [5.74, 6) is 1.22. The molecule has 3 aromatic rings. The largest absolute Gasteiger partial charge is 0.381 e. The molecule has 0 saturated carbocycles. The number of carbonyl (C=O) groups excluding carboxylic acids is 2. The van der Waals surface area contributed by atoms with E-state index in [2.05, 4.69) is 9.36 Å². The molecule has 2 aliphatic heterocycles. The number of amides is 2. The average Bonchev–Trinajstić information content (AvgIpc) is 3.43. The number of ether oxygens (including phenoxy) is 1. The number of aryl methyl sites for hydroxylation is 1. The van der Waals surface area contributed by atoms with E-state index in [0.29, 0.717) is 54.1 Å². The van der Waals surface area contributed by atoms with Gasteiger partial charge in [0.05, 0.1) is 24.3 Å². The van der Waals surface area contributed by atoms with Gasteiger partial charge in [-0.05, 0) is 56.1 Å².